The fraction of sp³-hybridized carbons (Fsp3) is 0.265. The Morgan fingerprint density at radius 1 is 0.775 bits per heavy atom. The summed E-state index contributed by atoms with van der Waals surface area (Å²) in [6.07, 6.45) is -1.07. The topological polar surface area (TPSA) is 54.0 Å². The summed E-state index contributed by atoms with van der Waals surface area (Å²) in [7, 11) is 0. The second kappa shape index (κ2) is 12.4. The van der Waals surface area contributed by atoms with Gasteiger partial charge in [0.05, 0.1) is 6.61 Å². The molecule has 5 rings (SSSR count). The third kappa shape index (κ3) is 6.31. The van der Waals surface area contributed by atoms with Crippen LogP contribution in [-0.2, 0) is 29.3 Å². The highest BCUT2D eigenvalue weighted by Gasteiger charge is 2.49. The average Bonchev–Trinajstić information content (AvgIpc) is 3.29. The molecule has 0 aliphatic carbocycles. The van der Waals surface area contributed by atoms with Gasteiger partial charge in [-0.15, -0.1) is 0 Å². The van der Waals surface area contributed by atoms with Gasteiger partial charge in [-0.05, 0) is 42.7 Å². The molecule has 206 valence electrons. The van der Waals surface area contributed by atoms with E-state index in [1.54, 1.807) is 0 Å². The number of carbonyl (C=O) groups is 1. The van der Waals surface area contributed by atoms with Crippen molar-refractivity contribution in [2.75, 3.05) is 6.61 Å². The van der Waals surface area contributed by atoms with E-state index in [1.807, 2.05) is 98.8 Å². The molecule has 1 fully saturated rings. The van der Waals surface area contributed by atoms with E-state index in [1.165, 1.54) is 18.7 Å². The predicted octanol–water partition coefficient (Wildman–Crippen LogP) is 7.20. The summed E-state index contributed by atoms with van der Waals surface area (Å²) >= 11 is 1.44. The molecule has 1 unspecified atom stereocenters. The lowest BCUT2D eigenvalue weighted by atomic mass is 9.80. The molecule has 0 N–H and O–H groups in total. The first-order chi connectivity index (χ1) is 19.4. The quantitative estimate of drug-likeness (QED) is 0.0895. The summed E-state index contributed by atoms with van der Waals surface area (Å²) in [5.41, 5.74) is 1.45. The minimum atomic E-state index is -0.909. The van der Waals surface area contributed by atoms with E-state index in [9.17, 15) is 4.79 Å². The van der Waals surface area contributed by atoms with Crippen molar-refractivity contribution in [1.29, 1.82) is 0 Å². The van der Waals surface area contributed by atoms with Crippen LogP contribution in [0.2, 0.25) is 0 Å². The zero-order valence-electron chi connectivity index (χ0n) is 22.9. The Labute approximate surface area is 240 Å². The SMILES string of the molecule is CC(=O)OC(Sc1ccccc1)[C@H]1OC(C)(C)O[C@H]1COC(c1ccccc1)(c1ccccc1)c1ccccc1. The van der Waals surface area contributed by atoms with E-state index >= 15 is 0 Å². The molecule has 4 aromatic rings. The van der Waals surface area contributed by atoms with Gasteiger partial charge in [0.1, 0.15) is 17.8 Å². The lowest BCUT2D eigenvalue weighted by Crippen LogP contribution is -2.42. The van der Waals surface area contributed by atoms with Crippen LogP contribution in [0.15, 0.2) is 126 Å². The van der Waals surface area contributed by atoms with Gasteiger partial charge in [-0.25, -0.2) is 0 Å². The molecule has 0 saturated carbocycles. The van der Waals surface area contributed by atoms with Gasteiger partial charge < -0.3 is 18.9 Å². The van der Waals surface area contributed by atoms with E-state index < -0.39 is 29.0 Å². The van der Waals surface area contributed by atoms with E-state index in [4.69, 9.17) is 18.9 Å². The lowest BCUT2D eigenvalue weighted by molar-refractivity contribution is -0.163. The van der Waals surface area contributed by atoms with Gasteiger partial charge in [-0.2, -0.15) is 0 Å². The number of rotatable bonds is 10. The summed E-state index contributed by atoms with van der Waals surface area (Å²) in [4.78, 5) is 13.1. The molecule has 1 saturated heterocycles. The molecule has 0 radical (unpaired) electrons. The second-order valence-electron chi connectivity index (χ2n) is 10.1. The normalized spacial score (nSPS) is 19.2. The number of carbonyl (C=O) groups excluding carboxylic acids is 1. The highest BCUT2D eigenvalue weighted by Crippen LogP contribution is 2.43. The molecular weight excluding hydrogens is 520 g/mol. The zero-order chi connectivity index (χ0) is 28.0. The first-order valence-corrected chi connectivity index (χ1v) is 14.3. The van der Waals surface area contributed by atoms with Gasteiger partial charge in [0.25, 0.3) is 0 Å². The van der Waals surface area contributed by atoms with Gasteiger partial charge in [-0.3, -0.25) is 4.79 Å². The lowest BCUT2D eigenvalue weighted by Gasteiger charge is -2.37. The molecule has 1 heterocycles. The van der Waals surface area contributed by atoms with Crippen molar-refractivity contribution >= 4 is 17.7 Å². The van der Waals surface area contributed by atoms with Crippen molar-refractivity contribution in [3.05, 3.63) is 138 Å². The van der Waals surface area contributed by atoms with Gasteiger partial charge in [0, 0.05) is 11.8 Å². The van der Waals surface area contributed by atoms with Crippen LogP contribution in [0.1, 0.15) is 37.5 Å². The molecule has 6 heteroatoms. The Bertz CT molecular complexity index is 1270. The average molecular weight is 555 g/mol. The number of hydrogen-bond acceptors (Lipinski definition) is 6. The van der Waals surface area contributed by atoms with E-state index in [0.29, 0.717) is 0 Å². The molecule has 4 aromatic carbocycles. The van der Waals surface area contributed by atoms with Crippen LogP contribution >= 0.6 is 11.8 Å². The van der Waals surface area contributed by atoms with E-state index in [2.05, 4.69) is 36.4 Å². The van der Waals surface area contributed by atoms with E-state index in [0.717, 1.165) is 21.6 Å². The molecule has 1 aliphatic rings. The first-order valence-electron chi connectivity index (χ1n) is 13.4. The molecule has 0 aromatic heterocycles. The Morgan fingerprint density at radius 2 is 1.23 bits per heavy atom. The fourth-order valence-corrected chi connectivity index (χ4v) is 6.28. The number of benzene rings is 4. The molecule has 0 amide bonds. The Kier molecular flexibility index (Phi) is 8.72. The van der Waals surface area contributed by atoms with Gasteiger partial charge in [0.15, 0.2) is 11.2 Å². The summed E-state index contributed by atoms with van der Waals surface area (Å²) in [6, 6.07) is 40.5. The Balaban J connectivity index is 1.53. The minimum Gasteiger partial charge on any atom is -0.448 e. The third-order valence-corrected chi connectivity index (χ3v) is 7.91. The maximum Gasteiger partial charge on any atom is 0.303 e. The van der Waals surface area contributed by atoms with Crippen LogP contribution in [0.4, 0.5) is 0 Å². The molecule has 0 bridgehead atoms. The van der Waals surface area contributed by atoms with Crippen LogP contribution in [0.5, 0.6) is 0 Å². The summed E-state index contributed by atoms with van der Waals surface area (Å²) < 4.78 is 25.6. The monoisotopic (exact) mass is 554 g/mol. The smallest absolute Gasteiger partial charge is 0.303 e. The number of ether oxygens (including phenoxy) is 4. The number of hydrogen-bond donors (Lipinski definition) is 0. The summed E-state index contributed by atoms with van der Waals surface area (Å²) in [5.74, 6) is -1.27. The molecule has 40 heavy (non-hydrogen) atoms. The predicted molar refractivity (Wildman–Crippen MR) is 157 cm³/mol. The number of esters is 1. The van der Waals surface area contributed by atoms with Gasteiger partial charge in [0.2, 0.25) is 0 Å². The fourth-order valence-electron chi connectivity index (χ4n) is 5.15. The van der Waals surface area contributed by atoms with Crippen LogP contribution in [0.25, 0.3) is 0 Å². The molecular formula is C34H34O5S. The van der Waals surface area contributed by atoms with Crippen molar-refractivity contribution in [2.45, 2.75) is 54.7 Å². The third-order valence-electron chi connectivity index (χ3n) is 6.77. The maximum atomic E-state index is 12.2. The van der Waals surface area contributed by atoms with Crippen molar-refractivity contribution in [3.8, 4) is 0 Å². The van der Waals surface area contributed by atoms with Crippen LogP contribution in [0.3, 0.4) is 0 Å². The zero-order valence-corrected chi connectivity index (χ0v) is 23.8. The number of thioether (sulfide) groups is 1. The summed E-state index contributed by atoms with van der Waals surface area (Å²) in [6.45, 7) is 5.35. The van der Waals surface area contributed by atoms with Crippen LogP contribution in [-0.4, -0.2) is 36.0 Å². The van der Waals surface area contributed by atoms with Crippen molar-refractivity contribution in [3.63, 3.8) is 0 Å². The van der Waals surface area contributed by atoms with Crippen molar-refractivity contribution < 1.29 is 23.7 Å². The first kappa shape index (κ1) is 28.1. The van der Waals surface area contributed by atoms with Gasteiger partial charge >= 0.3 is 5.97 Å². The molecule has 0 spiro atoms. The highest BCUT2D eigenvalue weighted by atomic mass is 32.2. The largest absolute Gasteiger partial charge is 0.448 e. The molecule has 1 aliphatic heterocycles. The highest BCUT2D eigenvalue weighted by molar-refractivity contribution is 7.99. The van der Waals surface area contributed by atoms with Crippen LogP contribution in [0, 0.1) is 0 Å². The Hall–Kier alpha value is -3.42. The second-order valence-corrected chi connectivity index (χ2v) is 11.3. The van der Waals surface area contributed by atoms with Crippen molar-refractivity contribution in [2.24, 2.45) is 0 Å². The van der Waals surface area contributed by atoms with Crippen molar-refractivity contribution in [1.82, 2.24) is 0 Å². The van der Waals surface area contributed by atoms with Crippen LogP contribution < -0.4 is 0 Å². The maximum absolute atomic E-state index is 12.2. The Morgan fingerprint density at radius 3 is 1.68 bits per heavy atom. The molecule has 3 atom stereocenters. The van der Waals surface area contributed by atoms with Gasteiger partial charge in [-0.1, -0.05) is 121 Å². The molecule has 5 nitrogen and oxygen atoms in total. The summed E-state index contributed by atoms with van der Waals surface area (Å²) in [5, 5.41) is 0. The minimum absolute atomic E-state index is 0.194. The van der Waals surface area contributed by atoms with E-state index in [-0.39, 0.29) is 12.6 Å². The standard InChI is InChI=1S/C34H34O5S/c1-25(35)37-32(40-29-22-14-7-15-23-29)31-30(38-33(2,3)39-31)24-36-34(26-16-8-4-9-17-26,27-18-10-5-11-19-27)28-20-12-6-13-21-28/h4-23,30-32H,24H2,1-3H3/t30-,31-,32?/m0/s1.